The summed E-state index contributed by atoms with van der Waals surface area (Å²) in [7, 11) is -2.17. The summed E-state index contributed by atoms with van der Waals surface area (Å²) < 4.78 is 31.8. The zero-order valence-electron chi connectivity index (χ0n) is 21.6. The van der Waals surface area contributed by atoms with Crippen molar-refractivity contribution in [2.45, 2.75) is 64.6 Å². The molecule has 3 rings (SSSR count). The lowest BCUT2D eigenvalue weighted by Gasteiger charge is -2.33. The molecule has 0 unspecified atom stereocenters. The van der Waals surface area contributed by atoms with Gasteiger partial charge in [-0.25, -0.2) is 8.42 Å². The van der Waals surface area contributed by atoms with Crippen LogP contribution in [0.4, 0.5) is 5.69 Å². The second-order valence-electron chi connectivity index (χ2n) is 9.34. The van der Waals surface area contributed by atoms with Crippen LogP contribution in [0.2, 0.25) is 0 Å². The first kappa shape index (κ1) is 27.5. The second kappa shape index (κ2) is 12.3. The number of hydrogen-bond donors (Lipinski definition) is 1. The van der Waals surface area contributed by atoms with Crippen LogP contribution in [0.25, 0.3) is 0 Å². The van der Waals surface area contributed by atoms with Gasteiger partial charge in [0.25, 0.3) is 0 Å². The number of carbonyl (C=O) groups excluding carboxylic acids is 2. The fraction of sp³-hybridized carbons (Fsp3) is 0.481. The summed E-state index contributed by atoms with van der Waals surface area (Å²) >= 11 is 0. The monoisotopic (exact) mass is 515 g/mol. The summed E-state index contributed by atoms with van der Waals surface area (Å²) in [6.45, 7) is 3.44. The van der Waals surface area contributed by atoms with E-state index in [9.17, 15) is 18.0 Å². The van der Waals surface area contributed by atoms with Gasteiger partial charge in [-0.15, -0.1) is 0 Å². The lowest BCUT2D eigenvalue weighted by molar-refractivity contribution is -0.140. The number of para-hydroxylation sites is 1. The van der Waals surface area contributed by atoms with E-state index in [1.54, 1.807) is 44.4 Å². The number of benzene rings is 2. The van der Waals surface area contributed by atoms with Gasteiger partial charge in [-0.1, -0.05) is 50.1 Å². The molecule has 36 heavy (non-hydrogen) atoms. The van der Waals surface area contributed by atoms with Crippen molar-refractivity contribution >= 4 is 27.5 Å². The molecule has 2 aromatic carbocycles. The molecule has 0 saturated heterocycles. The molecule has 0 aliphatic heterocycles. The molecule has 196 valence electrons. The smallest absolute Gasteiger partial charge is 0.244 e. The third kappa shape index (κ3) is 7.00. The molecule has 8 nitrogen and oxygen atoms in total. The second-order valence-corrected chi connectivity index (χ2v) is 11.2. The number of sulfonamides is 1. The van der Waals surface area contributed by atoms with Crippen LogP contribution in [0.3, 0.4) is 0 Å². The molecule has 1 aliphatic carbocycles. The summed E-state index contributed by atoms with van der Waals surface area (Å²) in [6.07, 6.45) is 5.52. The zero-order valence-corrected chi connectivity index (χ0v) is 22.4. The van der Waals surface area contributed by atoms with Crippen molar-refractivity contribution in [1.82, 2.24) is 10.2 Å². The minimum Gasteiger partial charge on any atom is -0.497 e. The van der Waals surface area contributed by atoms with Crippen molar-refractivity contribution < 1.29 is 22.7 Å². The molecule has 2 amide bonds. The summed E-state index contributed by atoms with van der Waals surface area (Å²) in [6, 6.07) is 13.7. The van der Waals surface area contributed by atoms with Gasteiger partial charge in [0.05, 0.1) is 19.1 Å². The number of amides is 2. The van der Waals surface area contributed by atoms with E-state index in [1.807, 2.05) is 25.1 Å². The Balaban J connectivity index is 1.92. The molecule has 0 heterocycles. The quantitative estimate of drug-likeness (QED) is 0.493. The fourth-order valence-corrected chi connectivity index (χ4v) is 5.56. The predicted octanol–water partition coefficient (Wildman–Crippen LogP) is 3.64. The zero-order chi connectivity index (χ0) is 26.3. The molecule has 0 radical (unpaired) electrons. The Bertz CT molecular complexity index is 1140. The first-order chi connectivity index (χ1) is 17.1. The normalized spacial score (nSPS) is 14.8. The van der Waals surface area contributed by atoms with Gasteiger partial charge < -0.3 is 15.0 Å². The first-order valence-electron chi connectivity index (χ1n) is 12.4. The maximum Gasteiger partial charge on any atom is 0.244 e. The topological polar surface area (TPSA) is 96.0 Å². The molecule has 1 aliphatic rings. The Morgan fingerprint density at radius 2 is 1.72 bits per heavy atom. The van der Waals surface area contributed by atoms with Crippen LogP contribution >= 0.6 is 0 Å². The molecule has 1 N–H and O–H groups in total. The Hall–Kier alpha value is -3.07. The van der Waals surface area contributed by atoms with Gasteiger partial charge in [0.15, 0.2) is 0 Å². The molecule has 0 aromatic heterocycles. The molecule has 9 heteroatoms. The Labute approximate surface area is 214 Å². The van der Waals surface area contributed by atoms with E-state index >= 15 is 0 Å². The van der Waals surface area contributed by atoms with E-state index < -0.39 is 28.5 Å². The van der Waals surface area contributed by atoms with Crippen molar-refractivity contribution in [2.75, 3.05) is 24.2 Å². The van der Waals surface area contributed by atoms with E-state index in [-0.39, 0.29) is 18.5 Å². The molecule has 0 bridgehead atoms. The highest BCUT2D eigenvalue weighted by molar-refractivity contribution is 7.92. The highest BCUT2D eigenvalue weighted by atomic mass is 32.2. The fourth-order valence-electron chi connectivity index (χ4n) is 4.65. The van der Waals surface area contributed by atoms with Crippen LogP contribution in [0.15, 0.2) is 48.5 Å². The lowest BCUT2D eigenvalue weighted by atomic mass is 10.1. The molecular formula is C27H37N3O5S. The van der Waals surface area contributed by atoms with Crippen molar-refractivity contribution in [2.24, 2.45) is 0 Å². The van der Waals surface area contributed by atoms with Crippen molar-refractivity contribution in [3.8, 4) is 5.75 Å². The average Bonchev–Trinajstić information content (AvgIpc) is 3.35. The number of carbonyl (C=O) groups is 2. The highest BCUT2D eigenvalue weighted by Gasteiger charge is 2.33. The van der Waals surface area contributed by atoms with Gasteiger partial charge in [0, 0.05) is 12.6 Å². The molecule has 1 atom stereocenters. The summed E-state index contributed by atoms with van der Waals surface area (Å²) in [5, 5.41) is 3.11. The standard InChI is InChI=1S/C27H37N3O5S/c1-5-24(27(32)28-22-11-7-8-12-22)29(18-21-14-16-23(35-3)17-15-21)26(31)19-30(36(4,33)34)25-13-9-6-10-20(25)2/h6,9-10,13-17,22,24H,5,7-8,11-12,18-19H2,1-4H3,(H,28,32)/t24-/m0/s1. The van der Waals surface area contributed by atoms with Crippen LogP contribution in [-0.2, 0) is 26.2 Å². The van der Waals surface area contributed by atoms with Gasteiger partial charge in [-0.3, -0.25) is 13.9 Å². The van der Waals surface area contributed by atoms with Gasteiger partial charge in [0.2, 0.25) is 21.8 Å². The third-order valence-corrected chi connectivity index (χ3v) is 7.79. The molecule has 2 aromatic rings. The third-order valence-electron chi connectivity index (χ3n) is 6.66. The van der Waals surface area contributed by atoms with E-state index in [4.69, 9.17) is 4.74 Å². The minimum atomic E-state index is -3.75. The van der Waals surface area contributed by atoms with Crippen LogP contribution in [0.5, 0.6) is 5.75 Å². The van der Waals surface area contributed by atoms with Crippen molar-refractivity contribution in [3.05, 3.63) is 59.7 Å². The van der Waals surface area contributed by atoms with Crippen LogP contribution < -0.4 is 14.4 Å². The van der Waals surface area contributed by atoms with Gasteiger partial charge in [-0.05, 0) is 55.5 Å². The number of ether oxygens (including phenoxy) is 1. The van der Waals surface area contributed by atoms with E-state index in [0.717, 1.165) is 47.4 Å². The molecular weight excluding hydrogens is 478 g/mol. The van der Waals surface area contributed by atoms with E-state index in [0.29, 0.717) is 17.9 Å². The average molecular weight is 516 g/mol. The molecule has 1 saturated carbocycles. The van der Waals surface area contributed by atoms with Crippen LogP contribution in [-0.4, -0.2) is 57.1 Å². The Morgan fingerprint density at radius 3 is 2.28 bits per heavy atom. The Kier molecular flexibility index (Phi) is 9.37. The number of aryl methyl sites for hydroxylation is 1. The maximum absolute atomic E-state index is 13.8. The lowest BCUT2D eigenvalue weighted by Crippen LogP contribution is -2.53. The predicted molar refractivity (Wildman–Crippen MR) is 141 cm³/mol. The van der Waals surface area contributed by atoms with Crippen LogP contribution in [0.1, 0.15) is 50.2 Å². The van der Waals surface area contributed by atoms with E-state index in [2.05, 4.69) is 5.32 Å². The number of methoxy groups -OCH3 is 1. The van der Waals surface area contributed by atoms with Crippen molar-refractivity contribution in [1.29, 1.82) is 0 Å². The summed E-state index contributed by atoms with van der Waals surface area (Å²) in [5.74, 6) is 0.0476. The summed E-state index contributed by atoms with van der Waals surface area (Å²) in [4.78, 5) is 28.6. The Morgan fingerprint density at radius 1 is 1.08 bits per heavy atom. The number of nitrogens with zero attached hydrogens (tertiary/aromatic N) is 2. The number of anilines is 1. The largest absolute Gasteiger partial charge is 0.497 e. The molecule has 0 spiro atoms. The minimum absolute atomic E-state index is 0.115. The molecule has 1 fully saturated rings. The number of hydrogen-bond acceptors (Lipinski definition) is 5. The number of rotatable bonds is 11. The first-order valence-corrected chi connectivity index (χ1v) is 14.2. The van der Waals surface area contributed by atoms with Gasteiger partial charge >= 0.3 is 0 Å². The SMILES string of the molecule is CC[C@@H](C(=O)NC1CCCC1)N(Cc1ccc(OC)cc1)C(=O)CN(c1ccccc1C)S(C)(=O)=O. The van der Waals surface area contributed by atoms with Crippen molar-refractivity contribution in [3.63, 3.8) is 0 Å². The van der Waals surface area contributed by atoms with Crippen LogP contribution in [0, 0.1) is 6.92 Å². The summed E-state index contributed by atoms with van der Waals surface area (Å²) in [5.41, 5.74) is 2.00. The van der Waals surface area contributed by atoms with Gasteiger partial charge in [0.1, 0.15) is 18.3 Å². The van der Waals surface area contributed by atoms with E-state index in [1.165, 1.54) is 4.90 Å². The maximum atomic E-state index is 13.8. The highest BCUT2D eigenvalue weighted by Crippen LogP contribution is 2.24. The van der Waals surface area contributed by atoms with Gasteiger partial charge in [-0.2, -0.15) is 0 Å². The number of nitrogens with one attached hydrogen (secondary N) is 1.